The van der Waals surface area contributed by atoms with Gasteiger partial charge in [-0.2, -0.15) is 13.2 Å². The second kappa shape index (κ2) is 8.86. The molecule has 1 aliphatic rings. The summed E-state index contributed by atoms with van der Waals surface area (Å²) in [6, 6.07) is 14.2. The zero-order chi connectivity index (χ0) is 25.4. The normalized spacial score (nSPS) is 17.2. The molecule has 0 aliphatic carbocycles. The molecule has 2 N–H and O–H groups in total. The maximum atomic E-state index is 13.8. The molecule has 35 heavy (non-hydrogen) atoms. The van der Waals surface area contributed by atoms with Crippen LogP contribution in [-0.2, 0) is 22.1 Å². The van der Waals surface area contributed by atoms with Gasteiger partial charge < -0.3 is 15.4 Å². The van der Waals surface area contributed by atoms with Crippen LogP contribution in [0.25, 0.3) is 0 Å². The van der Waals surface area contributed by atoms with Crippen molar-refractivity contribution in [2.24, 2.45) is 0 Å². The van der Waals surface area contributed by atoms with Crippen molar-refractivity contribution in [1.82, 2.24) is 0 Å². The second-order valence-electron chi connectivity index (χ2n) is 8.10. The van der Waals surface area contributed by atoms with Crippen molar-refractivity contribution >= 4 is 29.2 Å². The fourth-order valence-electron chi connectivity index (χ4n) is 3.72. The average Bonchev–Trinajstić information content (AvgIpc) is 2.79. The number of halogens is 4. The molecule has 0 saturated carbocycles. The minimum atomic E-state index is -4.90. The number of hydrogen-bond acceptors (Lipinski definition) is 4. The monoisotopic (exact) mass is 486 g/mol. The van der Waals surface area contributed by atoms with E-state index in [2.05, 4.69) is 10.6 Å². The lowest BCUT2D eigenvalue weighted by Crippen LogP contribution is -2.49. The summed E-state index contributed by atoms with van der Waals surface area (Å²) in [6.07, 6.45) is -4.93. The lowest BCUT2D eigenvalue weighted by molar-refractivity contribution is -0.137. The lowest BCUT2D eigenvalue weighted by atomic mass is 9.89. The highest BCUT2D eigenvalue weighted by molar-refractivity contribution is 6.05. The van der Waals surface area contributed by atoms with Gasteiger partial charge in [-0.15, -0.1) is 0 Å². The number of esters is 1. The van der Waals surface area contributed by atoms with Gasteiger partial charge in [-0.25, -0.2) is 9.18 Å². The van der Waals surface area contributed by atoms with Crippen LogP contribution in [-0.4, -0.2) is 23.4 Å². The third kappa shape index (κ3) is 4.86. The molecule has 1 heterocycles. The van der Waals surface area contributed by atoms with E-state index in [1.165, 1.54) is 31.2 Å². The highest BCUT2D eigenvalue weighted by atomic mass is 19.4. The number of hydrogen-bond donors (Lipinski definition) is 2. The number of cyclic esters (lactones) is 1. The van der Waals surface area contributed by atoms with Gasteiger partial charge in [-0.1, -0.05) is 30.3 Å². The summed E-state index contributed by atoms with van der Waals surface area (Å²) in [5.74, 6) is -3.48. The number of ether oxygens (including phenoxy) is 1. The standard InChI is InChI=1S/C25H18F4N2O4/c1-24(13-14-6-2-3-7-16(14)22(33)35-24)23(34)31-20-11-10-15(12-18(20)25(27,28)29)30-21(32)17-8-4-5-9-19(17)26/h2-12H,13H2,1H3,(H,30,32)(H,31,34). The molecule has 180 valence electrons. The van der Waals surface area contributed by atoms with Crippen molar-refractivity contribution < 1.29 is 36.7 Å². The van der Waals surface area contributed by atoms with Crippen molar-refractivity contribution in [3.63, 3.8) is 0 Å². The van der Waals surface area contributed by atoms with Gasteiger partial charge in [-0.05, 0) is 48.9 Å². The third-order valence-corrected chi connectivity index (χ3v) is 5.51. The molecule has 3 aromatic rings. The fraction of sp³-hybridized carbons (Fsp3) is 0.160. The molecule has 2 amide bonds. The SMILES string of the molecule is CC1(C(=O)Nc2ccc(NC(=O)c3ccccc3F)cc2C(F)(F)F)Cc2ccccc2C(=O)O1. The molecule has 0 radical (unpaired) electrons. The summed E-state index contributed by atoms with van der Waals surface area (Å²) in [4.78, 5) is 37.6. The molecule has 3 aromatic carbocycles. The summed E-state index contributed by atoms with van der Waals surface area (Å²) in [6.45, 7) is 1.31. The van der Waals surface area contributed by atoms with Gasteiger partial charge in [0.2, 0.25) is 0 Å². The first-order valence-corrected chi connectivity index (χ1v) is 10.4. The van der Waals surface area contributed by atoms with E-state index in [-0.39, 0.29) is 23.2 Å². The first-order chi connectivity index (χ1) is 16.5. The highest BCUT2D eigenvalue weighted by Gasteiger charge is 2.44. The minimum Gasteiger partial charge on any atom is -0.445 e. The molecule has 1 unspecified atom stereocenters. The molecular weight excluding hydrogens is 468 g/mol. The number of nitrogens with one attached hydrogen (secondary N) is 2. The van der Waals surface area contributed by atoms with Crippen molar-refractivity contribution in [3.05, 3.63) is 94.8 Å². The Balaban J connectivity index is 1.59. The van der Waals surface area contributed by atoms with E-state index in [1.807, 2.05) is 0 Å². The van der Waals surface area contributed by atoms with Gasteiger partial charge in [0.05, 0.1) is 22.4 Å². The Morgan fingerprint density at radius 3 is 2.37 bits per heavy atom. The zero-order valence-corrected chi connectivity index (χ0v) is 18.2. The van der Waals surface area contributed by atoms with Crippen molar-refractivity contribution in [3.8, 4) is 0 Å². The van der Waals surface area contributed by atoms with Gasteiger partial charge in [-0.3, -0.25) is 9.59 Å². The molecule has 10 heteroatoms. The number of amides is 2. The number of benzene rings is 3. The highest BCUT2D eigenvalue weighted by Crippen LogP contribution is 2.38. The summed E-state index contributed by atoms with van der Waals surface area (Å²) in [7, 11) is 0. The molecular formula is C25H18F4N2O4. The maximum absolute atomic E-state index is 13.8. The number of rotatable bonds is 4. The van der Waals surface area contributed by atoms with Crippen molar-refractivity contribution in [2.45, 2.75) is 25.1 Å². The van der Waals surface area contributed by atoms with Crippen LogP contribution in [0.3, 0.4) is 0 Å². The smallest absolute Gasteiger partial charge is 0.418 e. The molecule has 1 aliphatic heterocycles. The molecule has 0 fully saturated rings. The van der Waals surface area contributed by atoms with Crippen molar-refractivity contribution in [1.29, 1.82) is 0 Å². The molecule has 1 atom stereocenters. The van der Waals surface area contributed by atoms with E-state index in [0.717, 1.165) is 18.2 Å². The molecule has 0 saturated heterocycles. The topological polar surface area (TPSA) is 84.5 Å². The molecule has 0 bridgehead atoms. The Kier molecular flexibility index (Phi) is 6.06. The van der Waals surface area contributed by atoms with Gasteiger partial charge in [0, 0.05) is 12.1 Å². The van der Waals surface area contributed by atoms with Crippen LogP contribution in [0.15, 0.2) is 66.7 Å². The third-order valence-electron chi connectivity index (χ3n) is 5.51. The quantitative estimate of drug-likeness (QED) is 0.392. The number of carbonyl (C=O) groups excluding carboxylic acids is 3. The number of anilines is 2. The van der Waals surface area contributed by atoms with E-state index in [4.69, 9.17) is 4.74 Å². The maximum Gasteiger partial charge on any atom is 0.418 e. The van der Waals surface area contributed by atoms with Crippen LogP contribution in [0.5, 0.6) is 0 Å². The Bertz CT molecular complexity index is 1340. The molecule has 0 aromatic heterocycles. The number of carbonyl (C=O) groups is 3. The predicted molar refractivity (Wildman–Crippen MR) is 118 cm³/mol. The first kappa shape index (κ1) is 23.9. The van der Waals surface area contributed by atoms with Gasteiger partial charge >= 0.3 is 12.1 Å². The largest absolute Gasteiger partial charge is 0.445 e. The fourth-order valence-corrected chi connectivity index (χ4v) is 3.72. The zero-order valence-electron chi connectivity index (χ0n) is 18.2. The van der Waals surface area contributed by atoms with Crippen LogP contribution >= 0.6 is 0 Å². The van der Waals surface area contributed by atoms with E-state index < -0.39 is 46.6 Å². The minimum absolute atomic E-state index is 0.0289. The number of alkyl halides is 3. The molecule has 0 spiro atoms. The first-order valence-electron chi connectivity index (χ1n) is 10.4. The van der Waals surface area contributed by atoms with Crippen molar-refractivity contribution in [2.75, 3.05) is 10.6 Å². The van der Waals surface area contributed by atoms with E-state index in [0.29, 0.717) is 11.6 Å². The van der Waals surface area contributed by atoms with Crippen LogP contribution in [0.2, 0.25) is 0 Å². The van der Waals surface area contributed by atoms with Gasteiger partial charge in [0.15, 0.2) is 5.60 Å². The van der Waals surface area contributed by atoms with Crippen LogP contribution < -0.4 is 10.6 Å². The lowest BCUT2D eigenvalue weighted by Gasteiger charge is -2.33. The van der Waals surface area contributed by atoms with Gasteiger partial charge in [0.1, 0.15) is 5.82 Å². The summed E-state index contributed by atoms with van der Waals surface area (Å²) >= 11 is 0. The van der Waals surface area contributed by atoms with Crippen LogP contribution in [0.1, 0.15) is 38.8 Å². The summed E-state index contributed by atoms with van der Waals surface area (Å²) < 4.78 is 60.5. The molecule has 4 rings (SSSR count). The van der Waals surface area contributed by atoms with Crippen LogP contribution in [0.4, 0.5) is 28.9 Å². The van der Waals surface area contributed by atoms with E-state index in [1.54, 1.807) is 18.2 Å². The Morgan fingerprint density at radius 1 is 0.971 bits per heavy atom. The summed E-state index contributed by atoms with van der Waals surface area (Å²) in [5, 5.41) is 4.41. The Hall–Kier alpha value is -4.21. The predicted octanol–water partition coefficient (Wildman–Crippen LogP) is 5.21. The van der Waals surface area contributed by atoms with E-state index >= 15 is 0 Å². The second-order valence-corrected chi connectivity index (χ2v) is 8.10. The molecule has 6 nitrogen and oxygen atoms in total. The van der Waals surface area contributed by atoms with E-state index in [9.17, 15) is 31.9 Å². The summed E-state index contributed by atoms with van der Waals surface area (Å²) in [5.41, 5.74) is -3.37. The average molecular weight is 486 g/mol. The number of fused-ring (bicyclic) bond motifs is 1. The Morgan fingerprint density at radius 2 is 1.66 bits per heavy atom. The Labute approximate surface area is 196 Å². The van der Waals surface area contributed by atoms with Crippen LogP contribution in [0, 0.1) is 5.82 Å². The van der Waals surface area contributed by atoms with Gasteiger partial charge in [0.25, 0.3) is 11.8 Å².